The Morgan fingerprint density at radius 2 is 2.04 bits per heavy atom. The third-order valence-corrected chi connectivity index (χ3v) is 4.55. The van der Waals surface area contributed by atoms with Gasteiger partial charge in [0.25, 0.3) is 5.91 Å². The van der Waals surface area contributed by atoms with E-state index in [1.54, 1.807) is 29.2 Å². The highest BCUT2D eigenvalue weighted by atomic mass is 35.5. The third-order valence-electron chi connectivity index (χ3n) is 4.25. The van der Waals surface area contributed by atoms with Gasteiger partial charge >= 0.3 is 0 Å². The van der Waals surface area contributed by atoms with Crippen molar-refractivity contribution in [1.29, 1.82) is 0 Å². The van der Waals surface area contributed by atoms with Gasteiger partial charge < -0.3 is 15.0 Å². The molecule has 2 aromatic rings. The van der Waals surface area contributed by atoms with Crippen molar-refractivity contribution in [1.82, 2.24) is 0 Å². The number of amides is 2. The fraction of sp³-hybridized carbons (Fsp3) is 0.263. The van der Waals surface area contributed by atoms with Crippen LogP contribution in [0.1, 0.15) is 29.3 Å². The highest BCUT2D eigenvalue weighted by Gasteiger charge is 2.24. The molecule has 5 nitrogen and oxygen atoms in total. The lowest BCUT2D eigenvalue weighted by atomic mass is 10.1. The summed E-state index contributed by atoms with van der Waals surface area (Å²) in [7, 11) is 1.54. The van der Waals surface area contributed by atoms with Gasteiger partial charge in [0.05, 0.1) is 12.1 Å². The molecule has 25 heavy (non-hydrogen) atoms. The first-order valence-corrected chi connectivity index (χ1v) is 8.49. The van der Waals surface area contributed by atoms with Crippen LogP contribution in [0.5, 0.6) is 5.75 Å². The molecule has 0 radical (unpaired) electrons. The summed E-state index contributed by atoms with van der Waals surface area (Å²) < 4.78 is 5.10. The van der Waals surface area contributed by atoms with Crippen LogP contribution >= 0.6 is 11.6 Å². The van der Waals surface area contributed by atoms with E-state index in [0.717, 1.165) is 17.7 Å². The molecule has 0 aliphatic carbocycles. The van der Waals surface area contributed by atoms with E-state index in [-0.39, 0.29) is 11.8 Å². The number of carbonyl (C=O) groups excluding carboxylic acids is 2. The maximum Gasteiger partial charge on any atom is 0.255 e. The second-order valence-corrected chi connectivity index (χ2v) is 6.20. The van der Waals surface area contributed by atoms with Crippen molar-refractivity contribution in [2.75, 3.05) is 23.9 Å². The van der Waals surface area contributed by atoms with Crippen LogP contribution in [0.15, 0.2) is 36.4 Å². The van der Waals surface area contributed by atoms with Crippen LogP contribution < -0.4 is 15.0 Å². The van der Waals surface area contributed by atoms with Crippen molar-refractivity contribution in [2.24, 2.45) is 0 Å². The van der Waals surface area contributed by atoms with Gasteiger partial charge in [-0.2, -0.15) is 0 Å². The molecule has 130 valence electrons. The second kappa shape index (κ2) is 7.15. The molecule has 1 aliphatic heterocycles. The molecule has 0 fully saturated rings. The number of rotatable bonds is 4. The average Bonchev–Trinajstić information content (AvgIpc) is 3.04. The molecule has 1 aliphatic rings. The van der Waals surface area contributed by atoms with Crippen molar-refractivity contribution in [3.63, 3.8) is 0 Å². The van der Waals surface area contributed by atoms with E-state index in [1.165, 1.54) is 7.11 Å². The van der Waals surface area contributed by atoms with E-state index in [4.69, 9.17) is 16.3 Å². The van der Waals surface area contributed by atoms with Gasteiger partial charge in [0.2, 0.25) is 5.91 Å². The number of hydrogen-bond acceptors (Lipinski definition) is 3. The van der Waals surface area contributed by atoms with Gasteiger partial charge in [-0.05, 0) is 48.4 Å². The number of nitrogens with zero attached hydrogens (tertiary/aromatic N) is 1. The highest BCUT2D eigenvalue weighted by molar-refractivity contribution is 6.32. The minimum Gasteiger partial charge on any atom is -0.495 e. The van der Waals surface area contributed by atoms with Crippen molar-refractivity contribution in [3.05, 3.63) is 52.5 Å². The standard InChI is InChI=1S/C19H19ClN2O3/c1-3-18(23)22-9-8-12-10-13(4-6-16(12)22)19(24)21-14-5-7-17(25-2)15(20)11-14/h4-7,10-11H,3,8-9H2,1-2H3,(H,21,24). The molecule has 0 saturated heterocycles. The first-order valence-electron chi connectivity index (χ1n) is 8.11. The molecule has 1 heterocycles. The maximum atomic E-state index is 12.5. The lowest BCUT2D eigenvalue weighted by Gasteiger charge is -2.16. The Hall–Kier alpha value is -2.53. The Kier molecular flexibility index (Phi) is 4.95. The minimum absolute atomic E-state index is 0.101. The quantitative estimate of drug-likeness (QED) is 0.901. The number of nitrogens with one attached hydrogen (secondary N) is 1. The molecule has 0 spiro atoms. The van der Waals surface area contributed by atoms with Gasteiger partial charge in [-0.3, -0.25) is 9.59 Å². The van der Waals surface area contributed by atoms with E-state index >= 15 is 0 Å². The second-order valence-electron chi connectivity index (χ2n) is 5.80. The number of fused-ring (bicyclic) bond motifs is 1. The van der Waals surface area contributed by atoms with Gasteiger partial charge in [0.1, 0.15) is 5.75 Å². The van der Waals surface area contributed by atoms with Gasteiger partial charge in [0, 0.05) is 29.9 Å². The molecule has 1 N–H and O–H groups in total. The van der Waals surface area contributed by atoms with E-state index in [0.29, 0.717) is 35.0 Å². The topological polar surface area (TPSA) is 58.6 Å². The highest BCUT2D eigenvalue weighted by Crippen LogP contribution is 2.30. The van der Waals surface area contributed by atoms with Gasteiger partial charge in [-0.15, -0.1) is 0 Å². The molecule has 3 rings (SSSR count). The molecule has 0 saturated carbocycles. The van der Waals surface area contributed by atoms with Gasteiger partial charge in [-0.1, -0.05) is 18.5 Å². The molecule has 2 aromatic carbocycles. The third kappa shape index (κ3) is 3.46. The number of hydrogen-bond donors (Lipinski definition) is 1. The van der Waals surface area contributed by atoms with E-state index in [2.05, 4.69) is 5.32 Å². The van der Waals surface area contributed by atoms with Crippen LogP contribution in [0.3, 0.4) is 0 Å². The molecule has 6 heteroatoms. The van der Waals surface area contributed by atoms with E-state index < -0.39 is 0 Å². The fourth-order valence-corrected chi connectivity index (χ4v) is 3.20. The van der Waals surface area contributed by atoms with Crippen molar-refractivity contribution in [3.8, 4) is 5.75 Å². The lowest BCUT2D eigenvalue weighted by molar-refractivity contribution is -0.118. The Bertz CT molecular complexity index is 835. The number of benzene rings is 2. The predicted molar refractivity (Wildman–Crippen MR) is 98.7 cm³/mol. The Morgan fingerprint density at radius 3 is 2.72 bits per heavy atom. The minimum atomic E-state index is -0.218. The summed E-state index contributed by atoms with van der Waals surface area (Å²) in [6, 6.07) is 10.5. The number of ether oxygens (including phenoxy) is 1. The van der Waals surface area contributed by atoms with E-state index in [1.807, 2.05) is 19.1 Å². The molecule has 0 atom stereocenters. The Morgan fingerprint density at radius 1 is 1.24 bits per heavy atom. The lowest BCUT2D eigenvalue weighted by Crippen LogP contribution is -2.27. The van der Waals surface area contributed by atoms with Crippen LogP contribution in [0.25, 0.3) is 0 Å². The summed E-state index contributed by atoms with van der Waals surface area (Å²) in [5.74, 6) is 0.436. The van der Waals surface area contributed by atoms with Crippen LogP contribution in [0.4, 0.5) is 11.4 Å². The number of halogens is 1. The van der Waals surface area contributed by atoms with Crippen LogP contribution in [0, 0.1) is 0 Å². The number of anilines is 2. The van der Waals surface area contributed by atoms with Gasteiger partial charge in [-0.25, -0.2) is 0 Å². The molecule has 0 aromatic heterocycles. The molecular formula is C19H19ClN2O3. The summed E-state index contributed by atoms with van der Waals surface area (Å²) in [5, 5.41) is 3.26. The van der Waals surface area contributed by atoms with E-state index in [9.17, 15) is 9.59 Å². The average molecular weight is 359 g/mol. The zero-order valence-electron chi connectivity index (χ0n) is 14.1. The predicted octanol–water partition coefficient (Wildman–Crippen LogP) is 3.90. The smallest absolute Gasteiger partial charge is 0.255 e. The summed E-state index contributed by atoms with van der Waals surface area (Å²) in [4.78, 5) is 26.2. The largest absolute Gasteiger partial charge is 0.495 e. The number of carbonyl (C=O) groups is 2. The molecule has 0 bridgehead atoms. The zero-order chi connectivity index (χ0) is 18.0. The van der Waals surface area contributed by atoms with Crippen molar-refractivity contribution >= 4 is 34.8 Å². The fourth-order valence-electron chi connectivity index (χ4n) is 2.94. The Labute approximate surface area is 151 Å². The van der Waals surface area contributed by atoms with Crippen LogP contribution in [0.2, 0.25) is 5.02 Å². The molecular weight excluding hydrogens is 340 g/mol. The Balaban J connectivity index is 1.78. The summed E-state index contributed by atoms with van der Waals surface area (Å²) in [6.45, 7) is 2.52. The zero-order valence-corrected chi connectivity index (χ0v) is 14.9. The SMILES string of the molecule is CCC(=O)N1CCc2cc(C(=O)Nc3ccc(OC)c(Cl)c3)ccc21. The van der Waals surface area contributed by atoms with Crippen LogP contribution in [-0.2, 0) is 11.2 Å². The molecule has 2 amide bonds. The number of methoxy groups -OCH3 is 1. The summed E-state index contributed by atoms with van der Waals surface area (Å²) >= 11 is 6.08. The maximum absolute atomic E-state index is 12.5. The van der Waals surface area contributed by atoms with Gasteiger partial charge in [0.15, 0.2) is 0 Å². The first-order chi connectivity index (χ1) is 12.0. The summed E-state index contributed by atoms with van der Waals surface area (Å²) in [5.41, 5.74) is 3.06. The van der Waals surface area contributed by atoms with Crippen molar-refractivity contribution < 1.29 is 14.3 Å². The van der Waals surface area contributed by atoms with Crippen LogP contribution in [-0.4, -0.2) is 25.5 Å². The normalized spacial score (nSPS) is 12.7. The molecule has 0 unspecified atom stereocenters. The summed E-state index contributed by atoms with van der Waals surface area (Å²) in [6.07, 6.45) is 1.23. The van der Waals surface area contributed by atoms with Crippen molar-refractivity contribution in [2.45, 2.75) is 19.8 Å². The first kappa shape index (κ1) is 17.3. The monoisotopic (exact) mass is 358 g/mol.